The molecule has 0 fully saturated rings. The van der Waals surface area contributed by atoms with Gasteiger partial charge < -0.3 is 5.32 Å². The Balaban J connectivity index is 1.67. The van der Waals surface area contributed by atoms with Crippen LogP contribution in [0, 0.1) is 20.8 Å². The second kappa shape index (κ2) is 7.33. The van der Waals surface area contributed by atoms with Gasteiger partial charge in [0.25, 0.3) is 5.56 Å². The fourth-order valence-electron chi connectivity index (χ4n) is 3.19. The number of nitrogens with zero attached hydrogens (tertiary/aromatic N) is 2. The van der Waals surface area contributed by atoms with Gasteiger partial charge in [-0.2, -0.15) is 0 Å². The minimum Gasteiger partial charge on any atom is -0.324 e. The van der Waals surface area contributed by atoms with Crippen molar-refractivity contribution in [3.63, 3.8) is 0 Å². The second-order valence-corrected chi connectivity index (χ2v) is 8.88. The van der Waals surface area contributed by atoms with Gasteiger partial charge in [-0.1, -0.05) is 18.2 Å². The van der Waals surface area contributed by atoms with Crippen LogP contribution in [0.15, 0.2) is 46.8 Å². The largest absolute Gasteiger partial charge is 0.324 e. The second-order valence-electron chi connectivity index (χ2n) is 6.73. The molecule has 0 atom stereocenters. The van der Waals surface area contributed by atoms with E-state index in [-0.39, 0.29) is 18.0 Å². The summed E-state index contributed by atoms with van der Waals surface area (Å²) in [5, 5.41) is 5.47. The van der Waals surface area contributed by atoms with Gasteiger partial charge in [0.05, 0.1) is 11.7 Å². The normalized spacial score (nSPS) is 11.1. The quantitative estimate of drug-likeness (QED) is 0.529. The Morgan fingerprint density at radius 2 is 1.89 bits per heavy atom. The van der Waals surface area contributed by atoms with Crippen molar-refractivity contribution in [3.05, 3.63) is 68.4 Å². The standard InChI is InChI=1S/C21H19N3O2S2/c1-12-5-4-6-13(2)19(12)23-17(25)9-24-11-22-20-18(21(24)26)15(10-27-20)16-8-7-14(3)28-16/h4-8,10-11H,9H2,1-3H3,(H,23,25). The number of amides is 1. The summed E-state index contributed by atoms with van der Waals surface area (Å²) >= 11 is 3.09. The van der Waals surface area contributed by atoms with E-state index in [1.807, 2.05) is 56.5 Å². The van der Waals surface area contributed by atoms with E-state index in [1.165, 1.54) is 27.1 Å². The molecule has 1 amide bonds. The smallest absolute Gasteiger partial charge is 0.263 e. The molecule has 0 aliphatic heterocycles. The van der Waals surface area contributed by atoms with Crippen LogP contribution in [-0.4, -0.2) is 15.5 Å². The maximum atomic E-state index is 13.1. The minimum atomic E-state index is -0.246. The van der Waals surface area contributed by atoms with E-state index >= 15 is 0 Å². The Morgan fingerprint density at radius 3 is 2.57 bits per heavy atom. The van der Waals surface area contributed by atoms with Gasteiger partial charge in [0.15, 0.2) is 0 Å². The van der Waals surface area contributed by atoms with Gasteiger partial charge in [-0.15, -0.1) is 22.7 Å². The van der Waals surface area contributed by atoms with E-state index in [0.29, 0.717) is 10.2 Å². The zero-order valence-corrected chi connectivity index (χ0v) is 17.4. The van der Waals surface area contributed by atoms with Crippen LogP contribution in [0.4, 0.5) is 5.69 Å². The number of fused-ring (bicyclic) bond motifs is 1. The molecule has 0 unspecified atom stereocenters. The van der Waals surface area contributed by atoms with Crippen molar-refractivity contribution in [2.24, 2.45) is 0 Å². The number of hydrogen-bond acceptors (Lipinski definition) is 5. The van der Waals surface area contributed by atoms with Crippen molar-refractivity contribution in [2.75, 3.05) is 5.32 Å². The first-order valence-electron chi connectivity index (χ1n) is 8.83. The van der Waals surface area contributed by atoms with Gasteiger partial charge in [0.2, 0.25) is 5.91 Å². The van der Waals surface area contributed by atoms with E-state index in [4.69, 9.17) is 0 Å². The molecule has 0 spiro atoms. The van der Waals surface area contributed by atoms with Crippen LogP contribution in [0.1, 0.15) is 16.0 Å². The summed E-state index contributed by atoms with van der Waals surface area (Å²) in [6.45, 7) is 5.86. The average molecular weight is 410 g/mol. The lowest BCUT2D eigenvalue weighted by Gasteiger charge is -2.12. The Labute approximate surface area is 170 Å². The fraction of sp³-hybridized carbons (Fsp3) is 0.190. The van der Waals surface area contributed by atoms with Crippen molar-refractivity contribution in [3.8, 4) is 10.4 Å². The van der Waals surface area contributed by atoms with Gasteiger partial charge in [-0.05, 0) is 44.0 Å². The molecule has 3 aromatic heterocycles. The molecule has 0 saturated carbocycles. The molecule has 0 radical (unpaired) electrons. The number of aromatic nitrogens is 2. The van der Waals surface area contributed by atoms with Crippen LogP contribution >= 0.6 is 22.7 Å². The Morgan fingerprint density at radius 1 is 1.14 bits per heavy atom. The lowest BCUT2D eigenvalue weighted by molar-refractivity contribution is -0.116. The number of carbonyl (C=O) groups is 1. The fourth-order valence-corrected chi connectivity index (χ4v) is 5.05. The zero-order chi connectivity index (χ0) is 19.8. The number of thiophene rings is 2. The van der Waals surface area contributed by atoms with E-state index in [9.17, 15) is 9.59 Å². The molecular weight excluding hydrogens is 390 g/mol. The maximum absolute atomic E-state index is 13.1. The Hall–Kier alpha value is -2.77. The van der Waals surface area contributed by atoms with Gasteiger partial charge >= 0.3 is 0 Å². The maximum Gasteiger partial charge on any atom is 0.263 e. The lowest BCUT2D eigenvalue weighted by atomic mass is 10.1. The van der Waals surface area contributed by atoms with Crippen LogP contribution in [0.2, 0.25) is 0 Å². The summed E-state index contributed by atoms with van der Waals surface area (Å²) in [7, 11) is 0. The van der Waals surface area contributed by atoms with E-state index in [0.717, 1.165) is 27.3 Å². The third-order valence-electron chi connectivity index (χ3n) is 4.63. The zero-order valence-electron chi connectivity index (χ0n) is 15.8. The van der Waals surface area contributed by atoms with Crippen LogP contribution in [0.3, 0.4) is 0 Å². The first kappa shape index (κ1) is 18.6. The van der Waals surface area contributed by atoms with Gasteiger partial charge in [-0.3, -0.25) is 14.2 Å². The van der Waals surface area contributed by atoms with Crippen molar-refractivity contribution < 1.29 is 4.79 Å². The summed E-state index contributed by atoms with van der Waals surface area (Å²) in [6, 6.07) is 9.90. The number of nitrogens with one attached hydrogen (secondary N) is 1. The first-order chi connectivity index (χ1) is 13.4. The number of anilines is 1. The lowest BCUT2D eigenvalue weighted by Crippen LogP contribution is -2.28. The Kier molecular flexibility index (Phi) is 4.87. The highest BCUT2D eigenvalue weighted by molar-refractivity contribution is 7.19. The summed E-state index contributed by atoms with van der Waals surface area (Å²) in [6.07, 6.45) is 1.45. The van der Waals surface area contributed by atoms with Crippen LogP contribution in [0.25, 0.3) is 20.7 Å². The Bertz CT molecular complexity index is 1230. The third-order valence-corrected chi connectivity index (χ3v) is 6.55. The molecule has 3 heterocycles. The number of rotatable bonds is 4. The highest BCUT2D eigenvalue weighted by atomic mass is 32.1. The highest BCUT2D eigenvalue weighted by Gasteiger charge is 2.16. The predicted octanol–water partition coefficient (Wildman–Crippen LogP) is 4.75. The number of para-hydroxylation sites is 1. The van der Waals surface area contributed by atoms with E-state index in [1.54, 1.807) is 11.3 Å². The molecular formula is C21H19N3O2S2. The average Bonchev–Trinajstić information content (AvgIpc) is 3.27. The van der Waals surface area contributed by atoms with Gasteiger partial charge in [0.1, 0.15) is 11.4 Å². The molecule has 1 aromatic carbocycles. The molecule has 4 rings (SSSR count). The van der Waals surface area contributed by atoms with Gasteiger partial charge in [-0.25, -0.2) is 4.98 Å². The SMILES string of the molecule is Cc1ccc(-c2csc3ncn(CC(=O)Nc4c(C)cccc4C)c(=O)c23)s1. The predicted molar refractivity (Wildman–Crippen MR) is 116 cm³/mol. The van der Waals surface area contributed by atoms with E-state index in [2.05, 4.69) is 10.3 Å². The van der Waals surface area contributed by atoms with Crippen LogP contribution in [-0.2, 0) is 11.3 Å². The first-order valence-corrected chi connectivity index (χ1v) is 10.5. The summed E-state index contributed by atoms with van der Waals surface area (Å²) in [5.74, 6) is -0.246. The number of hydrogen-bond donors (Lipinski definition) is 1. The summed E-state index contributed by atoms with van der Waals surface area (Å²) < 4.78 is 1.38. The topological polar surface area (TPSA) is 64.0 Å². The van der Waals surface area contributed by atoms with Gasteiger partial charge in [0, 0.05) is 26.4 Å². The molecule has 0 aliphatic carbocycles. The van der Waals surface area contributed by atoms with Crippen LogP contribution in [0.5, 0.6) is 0 Å². The van der Waals surface area contributed by atoms with Crippen molar-refractivity contribution in [1.82, 2.24) is 9.55 Å². The van der Waals surface area contributed by atoms with E-state index < -0.39 is 0 Å². The number of benzene rings is 1. The summed E-state index contributed by atoms with van der Waals surface area (Å²) in [4.78, 5) is 33.0. The van der Waals surface area contributed by atoms with Crippen molar-refractivity contribution in [1.29, 1.82) is 0 Å². The number of carbonyl (C=O) groups excluding carboxylic acids is 1. The molecule has 142 valence electrons. The molecule has 1 N–H and O–H groups in total. The number of aryl methyl sites for hydroxylation is 3. The summed E-state index contributed by atoms with van der Waals surface area (Å²) in [5.41, 5.74) is 3.47. The molecule has 28 heavy (non-hydrogen) atoms. The molecule has 7 heteroatoms. The highest BCUT2D eigenvalue weighted by Crippen LogP contribution is 2.34. The van der Waals surface area contributed by atoms with Crippen LogP contribution < -0.4 is 10.9 Å². The van der Waals surface area contributed by atoms with Crippen molar-refractivity contribution >= 4 is 44.5 Å². The monoisotopic (exact) mass is 409 g/mol. The molecule has 4 aromatic rings. The molecule has 0 saturated heterocycles. The third kappa shape index (κ3) is 3.39. The molecule has 0 bridgehead atoms. The molecule has 5 nitrogen and oxygen atoms in total. The molecule has 0 aliphatic rings. The minimum absolute atomic E-state index is 0.0751. The van der Waals surface area contributed by atoms with Crippen molar-refractivity contribution in [2.45, 2.75) is 27.3 Å².